The van der Waals surface area contributed by atoms with Gasteiger partial charge >= 0.3 is 0 Å². The fourth-order valence-corrected chi connectivity index (χ4v) is 2.04. The molecule has 0 unspecified atom stereocenters. The Bertz CT molecular complexity index is 371. The van der Waals surface area contributed by atoms with Gasteiger partial charge in [0.1, 0.15) is 6.10 Å². The number of aliphatic hydroxyl groups is 1. The highest BCUT2D eigenvalue weighted by Gasteiger charge is 2.25. The van der Waals surface area contributed by atoms with Gasteiger partial charge in [-0.05, 0) is 23.5 Å². The highest BCUT2D eigenvalue weighted by molar-refractivity contribution is 5.83. The third kappa shape index (κ3) is 2.10. The minimum absolute atomic E-state index is 0.0277. The molecule has 1 N–H and O–H groups in total. The van der Waals surface area contributed by atoms with E-state index in [2.05, 4.69) is 18.8 Å². The first kappa shape index (κ1) is 10.4. The largest absolute Gasteiger partial charge is 0.386 e. The molecular formula is C13H17NO. The predicted octanol–water partition coefficient (Wildman–Crippen LogP) is 2.57. The van der Waals surface area contributed by atoms with Crippen LogP contribution < -0.4 is 0 Å². The SMILES string of the molecule is CC(C)C[C@H]1N=Cc2ccccc2[C@@H]1O. The first-order valence-electron chi connectivity index (χ1n) is 5.48. The number of aliphatic hydroxyl groups excluding tert-OH is 1. The van der Waals surface area contributed by atoms with Crippen LogP contribution in [0.2, 0.25) is 0 Å². The zero-order valence-corrected chi connectivity index (χ0v) is 9.22. The monoisotopic (exact) mass is 203 g/mol. The van der Waals surface area contributed by atoms with Crippen molar-refractivity contribution in [3.05, 3.63) is 35.4 Å². The van der Waals surface area contributed by atoms with E-state index in [9.17, 15) is 5.11 Å². The molecule has 80 valence electrons. The lowest BCUT2D eigenvalue weighted by molar-refractivity contribution is 0.135. The second-order valence-electron chi connectivity index (χ2n) is 4.55. The average molecular weight is 203 g/mol. The molecule has 0 radical (unpaired) electrons. The van der Waals surface area contributed by atoms with Gasteiger partial charge in [0, 0.05) is 6.21 Å². The summed E-state index contributed by atoms with van der Waals surface area (Å²) >= 11 is 0. The third-order valence-corrected chi connectivity index (χ3v) is 2.80. The molecule has 1 aromatic carbocycles. The van der Waals surface area contributed by atoms with Crippen molar-refractivity contribution in [3.8, 4) is 0 Å². The van der Waals surface area contributed by atoms with Crippen molar-refractivity contribution in [2.75, 3.05) is 0 Å². The Morgan fingerprint density at radius 1 is 1.33 bits per heavy atom. The first-order valence-corrected chi connectivity index (χ1v) is 5.48. The summed E-state index contributed by atoms with van der Waals surface area (Å²) in [7, 11) is 0. The number of fused-ring (bicyclic) bond motifs is 1. The Hall–Kier alpha value is -1.15. The number of rotatable bonds is 2. The molecule has 0 fully saturated rings. The maximum absolute atomic E-state index is 10.2. The van der Waals surface area contributed by atoms with Gasteiger partial charge in [-0.1, -0.05) is 38.1 Å². The van der Waals surface area contributed by atoms with Gasteiger partial charge in [0.15, 0.2) is 0 Å². The van der Waals surface area contributed by atoms with Crippen LogP contribution in [0.5, 0.6) is 0 Å². The summed E-state index contributed by atoms with van der Waals surface area (Å²) in [4.78, 5) is 4.42. The maximum Gasteiger partial charge on any atom is 0.102 e. The molecule has 1 aromatic rings. The molecule has 1 aliphatic heterocycles. The van der Waals surface area contributed by atoms with E-state index in [4.69, 9.17) is 0 Å². The van der Waals surface area contributed by atoms with Gasteiger partial charge in [0.25, 0.3) is 0 Å². The second-order valence-corrected chi connectivity index (χ2v) is 4.55. The van der Waals surface area contributed by atoms with E-state index in [1.54, 1.807) is 0 Å². The van der Waals surface area contributed by atoms with Gasteiger partial charge in [-0.25, -0.2) is 0 Å². The molecule has 0 aliphatic carbocycles. The Kier molecular flexibility index (Phi) is 2.87. The van der Waals surface area contributed by atoms with Crippen molar-refractivity contribution < 1.29 is 5.11 Å². The molecular weight excluding hydrogens is 186 g/mol. The molecule has 0 aromatic heterocycles. The molecule has 0 spiro atoms. The van der Waals surface area contributed by atoms with E-state index in [-0.39, 0.29) is 6.04 Å². The lowest BCUT2D eigenvalue weighted by Gasteiger charge is -2.26. The van der Waals surface area contributed by atoms with E-state index in [0.29, 0.717) is 5.92 Å². The molecule has 0 saturated carbocycles. The van der Waals surface area contributed by atoms with Crippen LogP contribution in [0.1, 0.15) is 37.5 Å². The Labute approximate surface area is 90.7 Å². The van der Waals surface area contributed by atoms with Crippen LogP contribution in [0.3, 0.4) is 0 Å². The van der Waals surface area contributed by atoms with E-state index >= 15 is 0 Å². The molecule has 2 nitrogen and oxygen atoms in total. The van der Waals surface area contributed by atoms with E-state index in [0.717, 1.165) is 17.5 Å². The predicted molar refractivity (Wildman–Crippen MR) is 62.2 cm³/mol. The highest BCUT2D eigenvalue weighted by Crippen LogP contribution is 2.29. The Morgan fingerprint density at radius 3 is 2.80 bits per heavy atom. The summed E-state index contributed by atoms with van der Waals surface area (Å²) in [5.74, 6) is 0.562. The van der Waals surface area contributed by atoms with Crippen LogP contribution in [-0.2, 0) is 0 Å². The van der Waals surface area contributed by atoms with Gasteiger partial charge in [0.2, 0.25) is 0 Å². The van der Waals surface area contributed by atoms with Crippen LogP contribution >= 0.6 is 0 Å². The van der Waals surface area contributed by atoms with Crippen molar-refractivity contribution in [2.24, 2.45) is 10.9 Å². The first-order chi connectivity index (χ1) is 7.18. The summed E-state index contributed by atoms with van der Waals surface area (Å²) in [6, 6.07) is 7.94. The zero-order chi connectivity index (χ0) is 10.8. The highest BCUT2D eigenvalue weighted by atomic mass is 16.3. The van der Waals surface area contributed by atoms with Crippen LogP contribution in [0.15, 0.2) is 29.3 Å². The Morgan fingerprint density at radius 2 is 2.07 bits per heavy atom. The summed E-state index contributed by atoms with van der Waals surface area (Å²) in [6.07, 6.45) is 2.38. The minimum Gasteiger partial charge on any atom is -0.386 e. The second kappa shape index (κ2) is 4.15. The van der Waals surface area contributed by atoms with Gasteiger partial charge in [-0.2, -0.15) is 0 Å². The Balaban J connectivity index is 2.25. The van der Waals surface area contributed by atoms with Crippen molar-refractivity contribution in [1.29, 1.82) is 0 Å². The summed E-state index contributed by atoms with van der Waals surface area (Å²) < 4.78 is 0. The normalized spacial score (nSPS) is 24.3. The molecule has 0 amide bonds. The molecule has 0 saturated heterocycles. The minimum atomic E-state index is -0.436. The summed E-state index contributed by atoms with van der Waals surface area (Å²) in [5.41, 5.74) is 2.06. The van der Waals surface area contributed by atoms with E-state index < -0.39 is 6.10 Å². The van der Waals surface area contributed by atoms with Crippen LogP contribution in [-0.4, -0.2) is 17.4 Å². The fourth-order valence-electron chi connectivity index (χ4n) is 2.04. The topological polar surface area (TPSA) is 32.6 Å². The smallest absolute Gasteiger partial charge is 0.102 e. The van der Waals surface area contributed by atoms with Gasteiger partial charge < -0.3 is 5.11 Å². The number of nitrogens with zero attached hydrogens (tertiary/aromatic N) is 1. The molecule has 0 bridgehead atoms. The number of benzene rings is 1. The lowest BCUT2D eigenvalue weighted by Crippen LogP contribution is -2.23. The number of aliphatic imine (C=N–C) groups is 1. The van der Waals surface area contributed by atoms with Crippen LogP contribution in [0.25, 0.3) is 0 Å². The molecule has 2 rings (SSSR count). The van der Waals surface area contributed by atoms with Gasteiger partial charge in [-0.3, -0.25) is 4.99 Å². The summed E-state index contributed by atoms with van der Waals surface area (Å²) in [5, 5.41) is 10.2. The van der Waals surface area contributed by atoms with Crippen LogP contribution in [0.4, 0.5) is 0 Å². The zero-order valence-electron chi connectivity index (χ0n) is 9.22. The molecule has 1 aliphatic rings. The maximum atomic E-state index is 10.2. The number of hydrogen-bond donors (Lipinski definition) is 1. The molecule has 2 heteroatoms. The van der Waals surface area contributed by atoms with Crippen molar-refractivity contribution in [2.45, 2.75) is 32.4 Å². The van der Waals surface area contributed by atoms with Crippen LogP contribution in [0, 0.1) is 5.92 Å². The van der Waals surface area contributed by atoms with Gasteiger partial charge in [0.05, 0.1) is 6.04 Å². The average Bonchev–Trinajstić information content (AvgIpc) is 2.22. The standard InChI is InChI=1S/C13H17NO/c1-9(2)7-12-13(15)11-6-4-3-5-10(11)8-14-12/h3-6,8-9,12-13,15H,7H2,1-2H3/t12-,13+/m1/s1. The molecule has 2 atom stereocenters. The lowest BCUT2D eigenvalue weighted by atomic mass is 9.90. The van der Waals surface area contributed by atoms with E-state index in [1.807, 2.05) is 30.5 Å². The third-order valence-electron chi connectivity index (χ3n) is 2.80. The van der Waals surface area contributed by atoms with Crippen molar-refractivity contribution in [3.63, 3.8) is 0 Å². The molecule has 1 heterocycles. The number of hydrogen-bond acceptors (Lipinski definition) is 2. The molecule has 15 heavy (non-hydrogen) atoms. The van der Waals surface area contributed by atoms with Crippen molar-refractivity contribution in [1.82, 2.24) is 0 Å². The van der Waals surface area contributed by atoms with Crippen molar-refractivity contribution >= 4 is 6.21 Å². The summed E-state index contributed by atoms with van der Waals surface area (Å²) in [6.45, 7) is 4.31. The quantitative estimate of drug-likeness (QED) is 0.787. The fraction of sp³-hybridized carbons (Fsp3) is 0.462. The van der Waals surface area contributed by atoms with Gasteiger partial charge in [-0.15, -0.1) is 0 Å². The van der Waals surface area contributed by atoms with E-state index in [1.165, 1.54) is 0 Å².